The van der Waals surface area contributed by atoms with Gasteiger partial charge in [-0.1, -0.05) is 0 Å². The Balaban J connectivity index is 0. The van der Waals surface area contributed by atoms with Gasteiger partial charge in [-0.25, -0.2) is 4.79 Å². The third-order valence-corrected chi connectivity index (χ3v) is 0.367. The molecule has 0 atom stereocenters. The van der Waals surface area contributed by atoms with Crippen LogP contribution < -0.4 is 0 Å². The van der Waals surface area contributed by atoms with Crippen molar-refractivity contribution in [3.63, 3.8) is 0 Å². The lowest BCUT2D eigenvalue weighted by atomic mass is 10.9. The Morgan fingerprint density at radius 2 is 1.70 bits per heavy atom. The van der Waals surface area contributed by atoms with Crippen molar-refractivity contribution in [2.24, 2.45) is 0 Å². The first-order valence-electron chi connectivity index (χ1n) is 2.49. The van der Waals surface area contributed by atoms with Crippen molar-refractivity contribution in [3.8, 4) is 0 Å². The number of hydrogen-bond donors (Lipinski definition) is 0. The molecular formula is C5H8Cl2O3. The van der Waals surface area contributed by atoms with Gasteiger partial charge in [-0.05, 0) is 18.5 Å². The molecule has 0 aromatic carbocycles. The molecule has 0 heterocycles. The van der Waals surface area contributed by atoms with Gasteiger partial charge in [0.05, 0.1) is 6.61 Å². The van der Waals surface area contributed by atoms with E-state index in [2.05, 4.69) is 16.3 Å². The fourth-order valence-corrected chi connectivity index (χ4v) is 0.223. The van der Waals surface area contributed by atoms with Gasteiger partial charge in [0.25, 0.3) is 0 Å². The highest BCUT2D eigenvalue weighted by Gasteiger charge is 1.86. The topological polar surface area (TPSA) is 43.4 Å². The molecule has 0 saturated carbocycles. The fraction of sp³-hybridized carbons (Fsp3) is 0.600. The van der Waals surface area contributed by atoms with Gasteiger partial charge in [-0.2, -0.15) is 0 Å². The van der Waals surface area contributed by atoms with Crippen molar-refractivity contribution in [1.82, 2.24) is 0 Å². The number of ether oxygens (including phenoxy) is 1. The molecule has 0 rings (SSSR count). The van der Waals surface area contributed by atoms with Crippen LogP contribution in [0.2, 0.25) is 0 Å². The van der Waals surface area contributed by atoms with Crippen LogP contribution in [0.15, 0.2) is 0 Å². The van der Waals surface area contributed by atoms with Crippen molar-refractivity contribution in [3.05, 3.63) is 0 Å². The van der Waals surface area contributed by atoms with E-state index in [1.807, 2.05) is 0 Å². The van der Waals surface area contributed by atoms with Crippen LogP contribution in [-0.2, 0) is 9.53 Å². The first-order chi connectivity index (χ1) is 4.50. The summed E-state index contributed by atoms with van der Waals surface area (Å²) < 4.78 is 4.17. The lowest BCUT2D eigenvalue weighted by Gasteiger charge is -1.86. The Hall–Kier alpha value is -0.280. The van der Waals surface area contributed by atoms with Gasteiger partial charge in [-0.3, -0.25) is 4.79 Å². The predicted octanol–water partition coefficient (Wildman–Crippen LogP) is 2.15. The molecular weight excluding hydrogens is 179 g/mol. The number of halogens is 2. The molecule has 0 aliphatic carbocycles. The second-order valence-corrected chi connectivity index (χ2v) is 1.98. The Bertz CT molecular complexity index is 109. The average Bonchev–Trinajstić information content (AvgIpc) is 1.62. The van der Waals surface area contributed by atoms with Crippen LogP contribution in [0.25, 0.3) is 0 Å². The molecule has 10 heavy (non-hydrogen) atoms. The molecule has 0 aromatic rings. The molecule has 0 aliphatic rings. The van der Waals surface area contributed by atoms with E-state index in [4.69, 9.17) is 11.6 Å². The van der Waals surface area contributed by atoms with Gasteiger partial charge < -0.3 is 4.74 Å². The van der Waals surface area contributed by atoms with Crippen LogP contribution in [0.3, 0.4) is 0 Å². The van der Waals surface area contributed by atoms with Crippen LogP contribution in [0.1, 0.15) is 13.8 Å². The van der Waals surface area contributed by atoms with Gasteiger partial charge in [-0.15, -0.1) is 0 Å². The Kier molecular flexibility index (Phi) is 10.8. The molecule has 0 aromatic heterocycles. The standard InChI is InChI=1S/C3H5ClO2.C2H3ClO/c1-2-6-3(4)5;1-2(3)4/h2H2,1H3;1H3. The summed E-state index contributed by atoms with van der Waals surface area (Å²) >= 11 is 9.35. The average molecular weight is 187 g/mol. The number of hydrogen-bond acceptors (Lipinski definition) is 3. The van der Waals surface area contributed by atoms with Crippen molar-refractivity contribution < 1.29 is 14.3 Å². The van der Waals surface area contributed by atoms with Gasteiger partial charge in [0.1, 0.15) is 0 Å². The minimum Gasteiger partial charge on any atom is -0.454 e. The second kappa shape index (κ2) is 8.72. The molecule has 0 saturated heterocycles. The van der Waals surface area contributed by atoms with E-state index in [1.165, 1.54) is 6.92 Å². The third-order valence-electron chi connectivity index (χ3n) is 0.258. The SMILES string of the molecule is CC(=O)Cl.CCOC(=O)Cl. The Morgan fingerprint density at radius 3 is 1.70 bits per heavy atom. The molecule has 3 nitrogen and oxygen atoms in total. The number of carbonyl (C=O) groups is 2. The van der Waals surface area contributed by atoms with Crippen LogP contribution in [0.5, 0.6) is 0 Å². The van der Waals surface area contributed by atoms with E-state index < -0.39 is 5.43 Å². The maximum Gasteiger partial charge on any atom is 0.403 e. The van der Waals surface area contributed by atoms with Gasteiger partial charge in [0.2, 0.25) is 5.24 Å². The molecule has 5 heteroatoms. The first kappa shape index (κ1) is 12.4. The van der Waals surface area contributed by atoms with Gasteiger partial charge in [0.15, 0.2) is 0 Å². The van der Waals surface area contributed by atoms with Crippen molar-refractivity contribution >= 4 is 33.9 Å². The lowest BCUT2D eigenvalue weighted by Crippen LogP contribution is -1.89. The van der Waals surface area contributed by atoms with Crippen molar-refractivity contribution in [2.75, 3.05) is 6.61 Å². The quantitative estimate of drug-likeness (QED) is 0.590. The third kappa shape index (κ3) is 47.1. The summed E-state index contributed by atoms with van der Waals surface area (Å²) in [6.07, 6.45) is 0. The predicted molar refractivity (Wildman–Crippen MR) is 39.4 cm³/mol. The second-order valence-electron chi connectivity index (χ2n) is 1.14. The van der Waals surface area contributed by atoms with Gasteiger partial charge in [0, 0.05) is 18.5 Å². The summed E-state index contributed by atoms with van der Waals surface area (Å²) in [4.78, 5) is 18.8. The molecule has 60 valence electrons. The molecule has 0 amide bonds. The lowest BCUT2D eigenvalue weighted by molar-refractivity contribution is -0.109. The molecule has 0 radical (unpaired) electrons. The zero-order valence-corrected chi connectivity index (χ0v) is 7.20. The molecule has 0 N–H and O–H groups in total. The highest BCUT2D eigenvalue weighted by molar-refractivity contribution is 6.62. The van der Waals surface area contributed by atoms with Crippen LogP contribution >= 0.6 is 23.2 Å². The van der Waals surface area contributed by atoms with Gasteiger partial charge >= 0.3 is 5.43 Å². The summed E-state index contributed by atoms with van der Waals surface area (Å²) in [5, 5.41) is -0.361. The van der Waals surface area contributed by atoms with E-state index in [-0.39, 0.29) is 5.24 Å². The smallest absolute Gasteiger partial charge is 0.403 e. The van der Waals surface area contributed by atoms with E-state index in [0.29, 0.717) is 6.61 Å². The summed E-state index contributed by atoms with van der Waals surface area (Å²) in [5.41, 5.74) is -0.738. The van der Waals surface area contributed by atoms with E-state index in [1.54, 1.807) is 6.92 Å². The number of rotatable bonds is 1. The maximum absolute atomic E-state index is 9.59. The normalized spacial score (nSPS) is 7.20. The van der Waals surface area contributed by atoms with Crippen molar-refractivity contribution in [1.29, 1.82) is 0 Å². The highest BCUT2D eigenvalue weighted by atomic mass is 35.5. The molecule has 0 fully saturated rings. The zero-order valence-electron chi connectivity index (χ0n) is 5.69. The summed E-state index contributed by atoms with van der Waals surface area (Å²) in [6.45, 7) is 3.34. The van der Waals surface area contributed by atoms with Crippen LogP contribution in [0.4, 0.5) is 4.79 Å². The minimum absolute atomic E-state index is 0.350. The molecule has 0 bridgehead atoms. The summed E-state index contributed by atoms with van der Waals surface area (Å²) in [6, 6.07) is 0. The minimum atomic E-state index is -0.738. The largest absolute Gasteiger partial charge is 0.454 e. The monoisotopic (exact) mass is 186 g/mol. The summed E-state index contributed by atoms with van der Waals surface area (Å²) in [5.74, 6) is 0. The van der Waals surface area contributed by atoms with E-state index in [0.717, 1.165) is 0 Å². The maximum atomic E-state index is 9.59. The Morgan fingerprint density at radius 1 is 1.40 bits per heavy atom. The molecule has 0 unspecified atom stereocenters. The van der Waals surface area contributed by atoms with Crippen molar-refractivity contribution in [2.45, 2.75) is 13.8 Å². The summed E-state index contributed by atoms with van der Waals surface area (Å²) in [7, 11) is 0. The molecule has 0 aliphatic heterocycles. The van der Waals surface area contributed by atoms with Crippen LogP contribution in [0, 0.1) is 0 Å². The number of carbonyl (C=O) groups excluding carboxylic acids is 2. The zero-order chi connectivity index (χ0) is 8.57. The van der Waals surface area contributed by atoms with E-state index >= 15 is 0 Å². The van der Waals surface area contributed by atoms with Crippen LogP contribution in [-0.4, -0.2) is 17.3 Å². The molecule has 0 spiro atoms. The highest BCUT2D eigenvalue weighted by Crippen LogP contribution is 1.82. The Labute approximate surface area is 69.2 Å². The fourth-order valence-electron chi connectivity index (χ4n) is 0.113. The van der Waals surface area contributed by atoms with E-state index in [9.17, 15) is 9.59 Å². The first-order valence-corrected chi connectivity index (χ1v) is 3.24.